The smallest absolute Gasteiger partial charge is 0.247 e. The topological polar surface area (TPSA) is 53.8 Å². The van der Waals surface area contributed by atoms with Gasteiger partial charge in [-0.25, -0.2) is 5.43 Å². The van der Waals surface area contributed by atoms with Crippen LogP contribution >= 0.6 is 15.9 Å². The number of carbonyl (C=O) groups is 1. The van der Waals surface area contributed by atoms with E-state index in [9.17, 15) is 4.79 Å². The van der Waals surface area contributed by atoms with Gasteiger partial charge in [-0.2, -0.15) is 5.10 Å². The number of carbonyl (C=O) groups excluding carboxylic acids is 1. The molecule has 5 heteroatoms. The van der Waals surface area contributed by atoms with Crippen molar-refractivity contribution in [3.8, 4) is 0 Å². The lowest BCUT2D eigenvalue weighted by Gasteiger charge is -2.28. The molecule has 0 bridgehead atoms. The van der Waals surface area contributed by atoms with Gasteiger partial charge in [0.15, 0.2) is 0 Å². The first kappa shape index (κ1) is 12.8. The van der Waals surface area contributed by atoms with Crippen LogP contribution < -0.4 is 5.43 Å². The minimum Gasteiger partial charge on any atom is -0.298 e. The lowest BCUT2D eigenvalue weighted by molar-refractivity contribution is -0.124. The predicted octanol–water partition coefficient (Wildman–Crippen LogP) is 2.57. The van der Waals surface area contributed by atoms with Crippen LogP contribution in [-0.2, 0) is 4.79 Å². The summed E-state index contributed by atoms with van der Waals surface area (Å²) in [5.41, 5.74) is 4.79. The number of nitrogens with one attached hydrogen (secondary N) is 1. The van der Waals surface area contributed by atoms with Gasteiger partial charge in [0.25, 0.3) is 0 Å². The SMILES string of the molecule is O=C1NN=C(CC2CC=NCC2)C2=CC(Br)=CCC12. The molecule has 0 radical (unpaired) electrons. The van der Waals surface area contributed by atoms with Crippen molar-refractivity contribution in [2.45, 2.75) is 25.7 Å². The van der Waals surface area contributed by atoms with E-state index in [1.165, 1.54) is 0 Å². The number of aliphatic imine (C=N–C) groups is 1. The zero-order valence-electron chi connectivity index (χ0n) is 10.6. The van der Waals surface area contributed by atoms with Crippen LogP contribution in [0.3, 0.4) is 0 Å². The lowest BCUT2D eigenvalue weighted by Crippen LogP contribution is -2.38. The molecular formula is C14H16BrN3O. The Morgan fingerprint density at radius 3 is 3.11 bits per heavy atom. The molecule has 1 aliphatic carbocycles. The van der Waals surface area contributed by atoms with Crippen LogP contribution in [0.1, 0.15) is 25.7 Å². The summed E-state index contributed by atoms with van der Waals surface area (Å²) < 4.78 is 1.05. The van der Waals surface area contributed by atoms with E-state index in [1.807, 2.05) is 18.4 Å². The third-order valence-corrected chi connectivity index (χ3v) is 4.44. The average molecular weight is 322 g/mol. The van der Waals surface area contributed by atoms with Crippen molar-refractivity contribution in [1.82, 2.24) is 5.43 Å². The molecule has 3 rings (SSSR count). The molecule has 0 saturated carbocycles. The summed E-state index contributed by atoms with van der Waals surface area (Å²) in [5, 5.41) is 4.28. The summed E-state index contributed by atoms with van der Waals surface area (Å²) in [6, 6.07) is 0. The molecule has 0 fully saturated rings. The van der Waals surface area contributed by atoms with Gasteiger partial charge in [-0.15, -0.1) is 0 Å². The predicted molar refractivity (Wildman–Crippen MR) is 79.5 cm³/mol. The molecule has 1 N–H and O–H groups in total. The molecule has 2 atom stereocenters. The van der Waals surface area contributed by atoms with Gasteiger partial charge in [0.1, 0.15) is 0 Å². The second kappa shape index (κ2) is 5.41. The highest BCUT2D eigenvalue weighted by Crippen LogP contribution is 2.32. The van der Waals surface area contributed by atoms with Crippen molar-refractivity contribution in [3.05, 3.63) is 22.2 Å². The number of nitrogens with zero attached hydrogens (tertiary/aromatic N) is 2. The first-order chi connectivity index (χ1) is 9.24. The largest absolute Gasteiger partial charge is 0.298 e. The molecule has 100 valence electrons. The maximum absolute atomic E-state index is 11.8. The molecule has 19 heavy (non-hydrogen) atoms. The van der Waals surface area contributed by atoms with E-state index in [0.717, 1.165) is 48.0 Å². The van der Waals surface area contributed by atoms with Crippen molar-refractivity contribution in [2.75, 3.05) is 6.54 Å². The highest BCUT2D eigenvalue weighted by molar-refractivity contribution is 9.11. The first-order valence-electron chi connectivity index (χ1n) is 6.66. The summed E-state index contributed by atoms with van der Waals surface area (Å²) in [7, 11) is 0. The Morgan fingerprint density at radius 1 is 1.42 bits per heavy atom. The minimum atomic E-state index is -0.0638. The molecule has 3 aliphatic rings. The molecule has 4 nitrogen and oxygen atoms in total. The van der Waals surface area contributed by atoms with Gasteiger partial charge >= 0.3 is 0 Å². The lowest BCUT2D eigenvalue weighted by atomic mass is 9.82. The van der Waals surface area contributed by atoms with Gasteiger partial charge in [-0.05, 0) is 49.5 Å². The summed E-state index contributed by atoms with van der Waals surface area (Å²) in [6.45, 7) is 0.913. The third kappa shape index (κ3) is 2.71. The number of rotatable bonds is 2. The standard InChI is InChI=1S/C14H16BrN3O/c15-10-1-2-11-12(8-10)13(17-18-14(11)19)7-9-3-5-16-6-4-9/h1,5,8-9,11H,2-4,6-7H2,(H,18,19). The molecule has 0 aromatic heterocycles. The van der Waals surface area contributed by atoms with Crippen LogP contribution in [0.2, 0.25) is 0 Å². The zero-order valence-corrected chi connectivity index (χ0v) is 12.2. The Labute approximate surface area is 120 Å². The fourth-order valence-electron chi connectivity index (χ4n) is 2.78. The van der Waals surface area contributed by atoms with E-state index in [0.29, 0.717) is 5.92 Å². The minimum absolute atomic E-state index is 0.0106. The summed E-state index contributed by atoms with van der Waals surface area (Å²) in [4.78, 5) is 16.1. The number of hydrazone groups is 1. The second-order valence-electron chi connectivity index (χ2n) is 5.19. The summed E-state index contributed by atoms with van der Waals surface area (Å²) in [6.07, 6.45) is 9.91. The maximum atomic E-state index is 11.8. The van der Waals surface area contributed by atoms with E-state index < -0.39 is 0 Å². The molecule has 2 unspecified atom stereocenters. The first-order valence-corrected chi connectivity index (χ1v) is 7.45. The number of amides is 1. The van der Waals surface area contributed by atoms with Crippen LogP contribution in [0.15, 0.2) is 32.3 Å². The summed E-state index contributed by atoms with van der Waals surface area (Å²) in [5.74, 6) is 0.542. The Morgan fingerprint density at radius 2 is 2.32 bits per heavy atom. The molecular weight excluding hydrogens is 306 g/mol. The Balaban J connectivity index is 1.81. The number of hydrogen-bond donors (Lipinski definition) is 1. The number of halogens is 1. The molecule has 1 amide bonds. The summed E-state index contributed by atoms with van der Waals surface area (Å²) >= 11 is 3.50. The van der Waals surface area contributed by atoms with Crippen molar-refractivity contribution in [3.63, 3.8) is 0 Å². The Bertz CT molecular complexity index is 519. The molecule has 2 aliphatic heterocycles. The van der Waals surface area contributed by atoms with Crippen LogP contribution in [0.4, 0.5) is 0 Å². The highest BCUT2D eigenvalue weighted by Gasteiger charge is 2.32. The van der Waals surface area contributed by atoms with Crippen LogP contribution in [0, 0.1) is 11.8 Å². The Hall–Kier alpha value is -1.23. The number of hydrogen-bond acceptors (Lipinski definition) is 3. The van der Waals surface area contributed by atoms with Crippen molar-refractivity contribution in [2.24, 2.45) is 21.9 Å². The van der Waals surface area contributed by atoms with E-state index in [-0.39, 0.29) is 11.8 Å². The van der Waals surface area contributed by atoms with Crippen molar-refractivity contribution in [1.29, 1.82) is 0 Å². The molecule has 0 aromatic rings. The quantitative estimate of drug-likeness (QED) is 0.835. The van der Waals surface area contributed by atoms with Gasteiger partial charge in [-0.3, -0.25) is 9.79 Å². The normalized spacial score (nSPS) is 29.9. The Kier molecular flexibility index (Phi) is 3.64. The fraction of sp³-hybridized carbons (Fsp3) is 0.500. The van der Waals surface area contributed by atoms with Crippen LogP contribution in [-0.4, -0.2) is 24.4 Å². The average Bonchev–Trinajstić information content (AvgIpc) is 2.43. The fourth-order valence-corrected chi connectivity index (χ4v) is 3.21. The van der Waals surface area contributed by atoms with Gasteiger partial charge in [0.2, 0.25) is 5.91 Å². The van der Waals surface area contributed by atoms with Gasteiger partial charge in [0.05, 0.1) is 11.6 Å². The van der Waals surface area contributed by atoms with E-state index in [4.69, 9.17) is 0 Å². The highest BCUT2D eigenvalue weighted by atomic mass is 79.9. The second-order valence-corrected chi connectivity index (χ2v) is 6.11. The number of allylic oxidation sites excluding steroid dienone is 3. The molecule has 2 heterocycles. The van der Waals surface area contributed by atoms with Crippen molar-refractivity contribution >= 4 is 33.8 Å². The zero-order chi connectivity index (χ0) is 13.2. The molecule has 0 saturated heterocycles. The van der Waals surface area contributed by atoms with E-state index in [1.54, 1.807) is 0 Å². The maximum Gasteiger partial charge on any atom is 0.247 e. The van der Waals surface area contributed by atoms with Crippen molar-refractivity contribution < 1.29 is 4.79 Å². The van der Waals surface area contributed by atoms with Crippen LogP contribution in [0.5, 0.6) is 0 Å². The van der Waals surface area contributed by atoms with Gasteiger partial charge in [-0.1, -0.05) is 22.0 Å². The third-order valence-electron chi connectivity index (χ3n) is 3.88. The molecule has 0 aromatic carbocycles. The number of fused-ring (bicyclic) bond motifs is 1. The van der Waals surface area contributed by atoms with E-state index >= 15 is 0 Å². The van der Waals surface area contributed by atoms with Crippen LogP contribution in [0.25, 0.3) is 0 Å². The van der Waals surface area contributed by atoms with E-state index in [2.05, 4.69) is 31.4 Å². The molecule has 0 spiro atoms. The van der Waals surface area contributed by atoms with Gasteiger partial charge < -0.3 is 0 Å². The van der Waals surface area contributed by atoms with Gasteiger partial charge in [0, 0.05) is 11.0 Å². The monoisotopic (exact) mass is 321 g/mol.